The number of ether oxygens (including phenoxy) is 1. The van der Waals surface area contributed by atoms with Gasteiger partial charge in [0, 0.05) is 12.2 Å². The van der Waals surface area contributed by atoms with Gasteiger partial charge in [0.05, 0.1) is 0 Å². The van der Waals surface area contributed by atoms with Crippen LogP contribution in [0.3, 0.4) is 0 Å². The largest absolute Gasteiger partial charge is 0.458 e. The van der Waals surface area contributed by atoms with E-state index in [0.29, 0.717) is 0 Å². The summed E-state index contributed by atoms with van der Waals surface area (Å²) in [4.78, 5) is 7.18. The summed E-state index contributed by atoms with van der Waals surface area (Å²) in [6.45, 7) is 0. The Bertz CT molecular complexity index is 425. The van der Waals surface area contributed by atoms with Gasteiger partial charge in [-0.3, -0.25) is 0 Å². The van der Waals surface area contributed by atoms with Gasteiger partial charge in [-0.25, -0.2) is 4.98 Å². The van der Waals surface area contributed by atoms with E-state index in [1.54, 1.807) is 0 Å². The zero-order chi connectivity index (χ0) is 13.9. The third-order valence-corrected chi connectivity index (χ3v) is 3.25. The van der Waals surface area contributed by atoms with Crippen LogP contribution in [-0.2, 0) is 6.18 Å². The zero-order valence-electron chi connectivity index (χ0n) is 10.6. The highest BCUT2D eigenvalue weighted by Crippen LogP contribution is 2.28. The average molecular weight is 275 g/mol. The number of alkyl halides is 3. The van der Waals surface area contributed by atoms with Crippen LogP contribution in [0.15, 0.2) is 12.3 Å². The van der Waals surface area contributed by atoms with Crippen molar-refractivity contribution in [3.8, 4) is 6.01 Å². The summed E-state index contributed by atoms with van der Waals surface area (Å²) in [5, 5.41) is 3.12. The SMILES string of the molecule is CNC1CCCCC1Oc1nccc(C(F)(F)F)n1. The van der Waals surface area contributed by atoms with Crippen LogP contribution in [0.2, 0.25) is 0 Å². The van der Waals surface area contributed by atoms with Crippen LogP contribution in [-0.4, -0.2) is 29.2 Å². The molecule has 1 aromatic rings. The molecule has 0 saturated heterocycles. The van der Waals surface area contributed by atoms with Crippen molar-refractivity contribution in [2.24, 2.45) is 0 Å². The van der Waals surface area contributed by atoms with Crippen molar-refractivity contribution in [1.29, 1.82) is 0 Å². The van der Waals surface area contributed by atoms with E-state index in [2.05, 4.69) is 15.3 Å². The molecule has 19 heavy (non-hydrogen) atoms. The van der Waals surface area contributed by atoms with Crippen LogP contribution in [0, 0.1) is 0 Å². The van der Waals surface area contributed by atoms with E-state index in [4.69, 9.17) is 4.74 Å². The van der Waals surface area contributed by atoms with E-state index in [-0.39, 0.29) is 18.2 Å². The fraction of sp³-hybridized carbons (Fsp3) is 0.667. The number of halogens is 3. The third-order valence-electron chi connectivity index (χ3n) is 3.25. The highest BCUT2D eigenvalue weighted by molar-refractivity contribution is 5.09. The quantitative estimate of drug-likeness (QED) is 0.920. The maximum absolute atomic E-state index is 12.5. The molecule has 106 valence electrons. The highest BCUT2D eigenvalue weighted by Gasteiger charge is 2.33. The maximum Gasteiger partial charge on any atom is 0.433 e. The number of nitrogens with one attached hydrogen (secondary N) is 1. The molecular formula is C12H16F3N3O. The van der Waals surface area contributed by atoms with Crippen molar-refractivity contribution in [2.45, 2.75) is 44.0 Å². The summed E-state index contributed by atoms with van der Waals surface area (Å²) in [5.41, 5.74) is -0.977. The Labute approximate surface area is 109 Å². The molecule has 0 bridgehead atoms. The number of hydrogen-bond acceptors (Lipinski definition) is 4. The molecule has 7 heteroatoms. The smallest absolute Gasteiger partial charge is 0.433 e. The summed E-state index contributed by atoms with van der Waals surface area (Å²) in [7, 11) is 1.82. The molecule has 0 aromatic carbocycles. The minimum absolute atomic E-state index is 0.131. The van der Waals surface area contributed by atoms with E-state index in [0.717, 1.165) is 37.9 Å². The first kappa shape index (κ1) is 14.0. The Hall–Kier alpha value is -1.37. The maximum atomic E-state index is 12.5. The molecule has 2 rings (SSSR count). The topological polar surface area (TPSA) is 47.0 Å². The lowest BCUT2D eigenvalue weighted by atomic mass is 9.92. The molecule has 1 N–H and O–H groups in total. The van der Waals surface area contributed by atoms with Gasteiger partial charge in [0.15, 0.2) is 5.69 Å². The van der Waals surface area contributed by atoms with E-state index in [1.807, 2.05) is 7.05 Å². The summed E-state index contributed by atoms with van der Waals surface area (Å²) >= 11 is 0. The monoisotopic (exact) mass is 275 g/mol. The summed E-state index contributed by atoms with van der Waals surface area (Å²) in [6, 6.07) is 0.761. The van der Waals surface area contributed by atoms with Crippen molar-refractivity contribution < 1.29 is 17.9 Å². The first-order valence-electron chi connectivity index (χ1n) is 6.25. The number of nitrogens with zero attached hydrogens (tertiary/aromatic N) is 2. The summed E-state index contributed by atoms with van der Waals surface area (Å²) in [6.07, 6.45) is 0.252. The van der Waals surface area contributed by atoms with Crippen molar-refractivity contribution in [3.05, 3.63) is 18.0 Å². The standard InChI is InChI=1S/C12H16F3N3O/c1-16-8-4-2-3-5-9(8)19-11-17-7-6-10(18-11)12(13,14)15/h6-9,16H,2-5H2,1H3. The number of aromatic nitrogens is 2. The van der Waals surface area contributed by atoms with Crippen LogP contribution >= 0.6 is 0 Å². The Morgan fingerprint density at radius 2 is 2.05 bits per heavy atom. The minimum Gasteiger partial charge on any atom is -0.458 e. The van der Waals surface area contributed by atoms with Crippen LogP contribution in [0.1, 0.15) is 31.4 Å². The second kappa shape index (κ2) is 5.73. The van der Waals surface area contributed by atoms with Crippen molar-refractivity contribution in [3.63, 3.8) is 0 Å². The molecule has 1 aliphatic carbocycles. The number of rotatable bonds is 3. The number of hydrogen-bond donors (Lipinski definition) is 1. The lowest BCUT2D eigenvalue weighted by Crippen LogP contribution is -2.43. The van der Waals surface area contributed by atoms with Gasteiger partial charge in [0.25, 0.3) is 0 Å². The van der Waals surface area contributed by atoms with Gasteiger partial charge in [-0.15, -0.1) is 0 Å². The predicted octanol–water partition coefficient (Wildman–Crippen LogP) is 2.40. The van der Waals surface area contributed by atoms with Crippen molar-refractivity contribution >= 4 is 0 Å². The van der Waals surface area contributed by atoms with Crippen LogP contribution < -0.4 is 10.1 Å². The molecule has 2 unspecified atom stereocenters. The molecule has 0 radical (unpaired) electrons. The minimum atomic E-state index is -4.48. The zero-order valence-corrected chi connectivity index (χ0v) is 10.6. The van der Waals surface area contributed by atoms with Crippen molar-refractivity contribution in [1.82, 2.24) is 15.3 Å². The van der Waals surface area contributed by atoms with Crippen LogP contribution in [0.5, 0.6) is 6.01 Å². The van der Waals surface area contributed by atoms with Crippen LogP contribution in [0.4, 0.5) is 13.2 Å². The van der Waals surface area contributed by atoms with Crippen LogP contribution in [0.25, 0.3) is 0 Å². The van der Waals surface area contributed by atoms with Gasteiger partial charge in [-0.2, -0.15) is 18.2 Å². The van der Waals surface area contributed by atoms with E-state index >= 15 is 0 Å². The lowest BCUT2D eigenvalue weighted by molar-refractivity contribution is -0.141. The Kier molecular flexibility index (Phi) is 4.24. The van der Waals surface area contributed by atoms with Gasteiger partial charge in [-0.1, -0.05) is 6.42 Å². The molecule has 0 amide bonds. The van der Waals surface area contributed by atoms with Gasteiger partial charge < -0.3 is 10.1 Å². The van der Waals surface area contributed by atoms with Gasteiger partial charge >= 0.3 is 12.2 Å². The molecule has 1 aromatic heterocycles. The Morgan fingerprint density at radius 1 is 1.32 bits per heavy atom. The second-order valence-electron chi connectivity index (χ2n) is 4.56. The molecular weight excluding hydrogens is 259 g/mol. The molecule has 1 aliphatic rings. The van der Waals surface area contributed by atoms with Gasteiger partial charge in [0.1, 0.15) is 6.10 Å². The first-order chi connectivity index (χ1) is 9.00. The summed E-state index contributed by atoms with van der Waals surface area (Å²) < 4.78 is 43.1. The molecule has 1 fully saturated rings. The first-order valence-corrected chi connectivity index (χ1v) is 6.25. The molecule has 4 nitrogen and oxygen atoms in total. The molecule has 0 aliphatic heterocycles. The molecule has 0 spiro atoms. The molecule has 1 heterocycles. The number of likely N-dealkylation sites (N-methyl/N-ethyl adjacent to an activating group) is 1. The average Bonchev–Trinajstić information content (AvgIpc) is 2.39. The van der Waals surface area contributed by atoms with Gasteiger partial charge in [-0.05, 0) is 32.4 Å². The highest BCUT2D eigenvalue weighted by atomic mass is 19.4. The molecule has 2 atom stereocenters. The Balaban J connectivity index is 2.10. The normalized spacial score (nSPS) is 24.2. The van der Waals surface area contributed by atoms with Crippen molar-refractivity contribution in [2.75, 3.05) is 7.05 Å². The van der Waals surface area contributed by atoms with E-state index in [1.165, 1.54) is 0 Å². The van der Waals surface area contributed by atoms with E-state index < -0.39 is 11.9 Å². The van der Waals surface area contributed by atoms with Gasteiger partial charge in [0.2, 0.25) is 0 Å². The van der Waals surface area contributed by atoms with E-state index in [9.17, 15) is 13.2 Å². The molecule has 1 saturated carbocycles. The summed E-state index contributed by atoms with van der Waals surface area (Å²) in [5.74, 6) is 0. The third kappa shape index (κ3) is 3.56. The second-order valence-corrected chi connectivity index (χ2v) is 4.56. The fourth-order valence-electron chi connectivity index (χ4n) is 2.26. The predicted molar refractivity (Wildman–Crippen MR) is 62.8 cm³/mol. The Morgan fingerprint density at radius 3 is 2.74 bits per heavy atom. The fourth-order valence-corrected chi connectivity index (χ4v) is 2.26. The lowest BCUT2D eigenvalue weighted by Gasteiger charge is -2.30.